The molecule has 0 atom stereocenters. The number of hydrogen-bond donors (Lipinski definition) is 2. The lowest BCUT2D eigenvalue weighted by Gasteiger charge is -2.18. The van der Waals surface area contributed by atoms with Gasteiger partial charge in [0.25, 0.3) is 0 Å². The van der Waals surface area contributed by atoms with Gasteiger partial charge in [0.2, 0.25) is 0 Å². The molecule has 0 aromatic heterocycles. The van der Waals surface area contributed by atoms with Crippen LogP contribution in [0, 0.1) is 6.92 Å². The predicted molar refractivity (Wildman–Crippen MR) is 69.0 cm³/mol. The zero-order valence-corrected chi connectivity index (χ0v) is 10.5. The molecule has 0 heterocycles. The van der Waals surface area contributed by atoms with Crippen molar-refractivity contribution in [2.24, 2.45) is 0 Å². The van der Waals surface area contributed by atoms with Crippen LogP contribution < -0.4 is 10.6 Å². The minimum atomic E-state index is 1.08. The molecule has 0 aliphatic heterocycles. The number of nitrogens with one attached hydrogen (secondary N) is 2. The van der Waals surface area contributed by atoms with Crippen LogP contribution >= 0.6 is 0 Å². The van der Waals surface area contributed by atoms with Crippen LogP contribution in [0.15, 0.2) is 6.07 Å². The Hall–Kier alpha value is -1.18. The molecule has 15 heavy (non-hydrogen) atoms. The Morgan fingerprint density at radius 1 is 0.933 bits per heavy atom. The van der Waals surface area contributed by atoms with Crippen LogP contribution in [0.4, 0.5) is 11.4 Å². The third-order valence-corrected chi connectivity index (χ3v) is 3.00. The normalized spacial score (nSPS) is 10.2. The van der Waals surface area contributed by atoms with Crippen LogP contribution in [0.3, 0.4) is 0 Å². The van der Waals surface area contributed by atoms with Gasteiger partial charge in [0.1, 0.15) is 0 Å². The number of anilines is 2. The van der Waals surface area contributed by atoms with Gasteiger partial charge < -0.3 is 10.6 Å². The van der Waals surface area contributed by atoms with E-state index >= 15 is 0 Å². The van der Waals surface area contributed by atoms with Crippen LogP contribution in [0.1, 0.15) is 30.5 Å². The summed E-state index contributed by atoms with van der Waals surface area (Å²) in [6.07, 6.45) is 2.15. The van der Waals surface area contributed by atoms with E-state index in [1.54, 1.807) is 0 Å². The molecule has 0 amide bonds. The monoisotopic (exact) mass is 206 g/mol. The first-order valence-electron chi connectivity index (χ1n) is 5.70. The molecule has 2 N–H and O–H groups in total. The summed E-state index contributed by atoms with van der Waals surface area (Å²) in [5.41, 5.74) is 6.70. The lowest BCUT2D eigenvalue weighted by molar-refractivity contribution is 1.07. The van der Waals surface area contributed by atoms with Crippen molar-refractivity contribution in [1.82, 2.24) is 0 Å². The van der Waals surface area contributed by atoms with E-state index in [9.17, 15) is 0 Å². The summed E-state index contributed by atoms with van der Waals surface area (Å²) in [5.74, 6) is 0. The number of benzene rings is 1. The first kappa shape index (κ1) is 11.9. The van der Waals surface area contributed by atoms with Gasteiger partial charge in [-0.15, -0.1) is 0 Å². The van der Waals surface area contributed by atoms with E-state index in [1.165, 1.54) is 28.1 Å². The van der Waals surface area contributed by atoms with Crippen molar-refractivity contribution in [1.29, 1.82) is 0 Å². The van der Waals surface area contributed by atoms with Crippen molar-refractivity contribution in [2.75, 3.05) is 24.7 Å². The topological polar surface area (TPSA) is 24.1 Å². The van der Waals surface area contributed by atoms with Crippen molar-refractivity contribution in [3.05, 3.63) is 22.8 Å². The summed E-state index contributed by atoms with van der Waals surface area (Å²) in [6.45, 7) is 6.58. The summed E-state index contributed by atoms with van der Waals surface area (Å²) in [7, 11) is 3.99. The molecule has 84 valence electrons. The average molecular weight is 206 g/mol. The first-order valence-corrected chi connectivity index (χ1v) is 5.70. The number of hydrogen-bond acceptors (Lipinski definition) is 2. The van der Waals surface area contributed by atoms with E-state index in [-0.39, 0.29) is 0 Å². The average Bonchev–Trinajstić information content (AvgIpc) is 2.27. The third-order valence-electron chi connectivity index (χ3n) is 3.00. The second-order valence-electron chi connectivity index (χ2n) is 3.78. The molecule has 0 bridgehead atoms. The second kappa shape index (κ2) is 5.06. The Bertz CT molecular complexity index is 313. The highest BCUT2D eigenvalue weighted by Crippen LogP contribution is 2.31. The zero-order valence-electron chi connectivity index (χ0n) is 10.5. The smallest absolute Gasteiger partial charge is 0.0420 e. The van der Waals surface area contributed by atoms with Crippen LogP contribution in [0.2, 0.25) is 0 Å². The van der Waals surface area contributed by atoms with Gasteiger partial charge in [0.15, 0.2) is 0 Å². The highest BCUT2D eigenvalue weighted by Gasteiger charge is 2.11. The fraction of sp³-hybridized carbons (Fsp3) is 0.538. The molecular weight excluding hydrogens is 184 g/mol. The lowest BCUT2D eigenvalue weighted by Crippen LogP contribution is -2.05. The molecule has 0 aliphatic rings. The Morgan fingerprint density at radius 3 is 1.60 bits per heavy atom. The molecule has 0 saturated carbocycles. The molecule has 0 spiro atoms. The quantitative estimate of drug-likeness (QED) is 0.790. The molecule has 0 aliphatic carbocycles. The maximum Gasteiger partial charge on any atom is 0.0420 e. The van der Waals surface area contributed by atoms with E-state index in [0.29, 0.717) is 0 Å². The summed E-state index contributed by atoms with van der Waals surface area (Å²) in [4.78, 5) is 0. The third kappa shape index (κ3) is 2.09. The fourth-order valence-corrected chi connectivity index (χ4v) is 2.22. The lowest BCUT2D eigenvalue weighted by atomic mass is 9.97. The molecule has 1 aromatic carbocycles. The van der Waals surface area contributed by atoms with Gasteiger partial charge in [-0.05, 0) is 36.5 Å². The van der Waals surface area contributed by atoms with Crippen molar-refractivity contribution < 1.29 is 0 Å². The Labute approximate surface area is 93.1 Å². The number of aryl methyl sites for hydroxylation is 2. The van der Waals surface area contributed by atoms with Crippen LogP contribution in [-0.4, -0.2) is 14.1 Å². The molecule has 0 fully saturated rings. The van der Waals surface area contributed by atoms with Crippen molar-refractivity contribution in [3.8, 4) is 0 Å². The molecule has 2 nitrogen and oxygen atoms in total. The second-order valence-corrected chi connectivity index (χ2v) is 3.78. The minimum Gasteiger partial charge on any atom is -0.388 e. The zero-order chi connectivity index (χ0) is 11.4. The van der Waals surface area contributed by atoms with Gasteiger partial charge in [0, 0.05) is 25.5 Å². The Kier molecular flexibility index (Phi) is 4.01. The van der Waals surface area contributed by atoms with Gasteiger partial charge in [-0.25, -0.2) is 0 Å². The minimum absolute atomic E-state index is 1.08. The Morgan fingerprint density at radius 2 is 1.33 bits per heavy atom. The van der Waals surface area contributed by atoms with Gasteiger partial charge in [-0.3, -0.25) is 0 Å². The van der Waals surface area contributed by atoms with Crippen LogP contribution in [0.25, 0.3) is 0 Å². The molecule has 0 saturated heterocycles. The van der Waals surface area contributed by atoms with Crippen molar-refractivity contribution >= 4 is 11.4 Å². The Balaban J connectivity index is 3.41. The van der Waals surface area contributed by atoms with E-state index in [4.69, 9.17) is 0 Å². The maximum absolute atomic E-state index is 3.30. The van der Waals surface area contributed by atoms with Crippen LogP contribution in [0.5, 0.6) is 0 Å². The largest absolute Gasteiger partial charge is 0.388 e. The van der Waals surface area contributed by atoms with Gasteiger partial charge in [0.05, 0.1) is 0 Å². The van der Waals surface area contributed by atoms with E-state index in [1.807, 2.05) is 14.1 Å². The summed E-state index contributed by atoms with van der Waals surface area (Å²) in [6, 6.07) is 2.31. The van der Waals surface area contributed by atoms with E-state index in [2.05, 4.69) is 37.5 Å². The summed E-state index contributed by atoms with van der Waals surface area (Å²) in [5, 5.41) is 6.60. The van der Waals surface area contributed by atoms with Gasteiger partial charge >= 0.3 is 0 Å². The van der Waals surface area contributed by atoms with Gasteiger partial charge in [-0.2, -0.15) is 0 Å². The molecule has 1 rings (SSSR count). The van der Waals surface area contributed by atoms with Crippen molar-refractivity contribution in [2.45, 2.75) is 33.6 Å². The predicted octanol–water partition coefficient (Wildman–Crippen LogP) is 3.20. The highest BCUT2D eigenvalue weighted by atomic mass is 14.9. The standard InChI is InChI=1S/C13H22N2/c1-6-10-8-11(7-2)13(15-5)9(3)12(10)14-4/h8,14-15H,6-7H2,1-5H3. The maximum atomic E-state index is 3.30. The summed E-state index contributed by atoms with van der Waals surface area (Å²) >= 11 is 0. The summed E-state index contributed by atoms with van der Waals surface area (Å²) < 4.78 is 0. The van der Waals surface area contributed by atoms with Crippen LogP contribution in [-0.2, 0) is 12.8 Å². The molecular formula is C13H22N2. The van der Waals surface area contributed by atoms with E-state index in [0.717, 1.165) is 12.8 Å². The number of rotatable bonds is 4. The van der Waals surface area contributed by atoms with E-state index < -0.39 is 0 Å². The van der Waals surface area contributed by atoms with Crippen molar-refractivity contribution in [3.63, 3.8) is 0 Å². The highest BCUT2D eigenvalue weighted by molar-refractivity contribution is 5.72. The SMILES string of the molecule is CCc1cc(CC)c(NC)c(C)c1NC. The first-order chi connectivity index (χ1) is 7.19. The molecule has 0 radical (unpaired) electrons. The fourth-order valence-electron chi connectivity index (χ4n) is 2.22. The van der Waals surface area contributed by atoms with Gasteiger partial charge in [-0.1, -0.05) is 19.9 Å². The molecule has 2 heteroatoms. The molecule has 1 aromatic rings. The molecule has 0 unspecified atom stereocenters.